The van der Waals surface area contributed by atoms with Crippen molar-refractivity contribution < 1.29 is 4.79 Å². The fourth-order valence-electron chi connectivity index (χ4n) is 1.35. The van der Waals surface area contributed by atoms with Crippen molar-refractivity contribution in [3.63, 3.8) is 0 Å². The van der Waals surface area contributed by atoms with Crippen molar-refractivity contribution in [3.8, 4) is 0 Å². The monoisotopic (exact) mass is 255 g/mol. The van der Waals surface area contributed by atoms with E-state index in [2.05, 4.69) is 17.1 Å². The molecule has 0 unspecified atom stereocenters. The fourth-order valence-corrected chi connectivity index (χ4v) is 1.53. The first kappa shape index (κ1) is 13.8. The molecule has 0 fully saturated rings. The topological polar surface area (TPSA) is 58.4 Å². The number of nitrogens with one attached hydrogen (secondary N) is 1. The predicted octanol–water partition coefficient (Wildman–Crippen LogP) is 1.60. The lowest BCUT2D eigenvalue weighted by molar-refractivity contribution is 0.0951. The van der Waals surface area contributed by atoms with Gasteiger partial charge in [-0.25, -0.2) is 0 Å². The number of likely N-dealkylation sites (N-methyl/N-ethyl adjacent to an activating group) is 1. The van der Waals surface area contributed by atoms with Crippen LogP contribution in [0.15, 0.2) is 18.2 Å². The van der Waals surface area contributed by atoms with Gasteiger partial charge in [-0.05, 0) is 31.8 Å². The average Bonchev–Trinajstić information content (AvgIpc) is 2.28. The molecule has 5 heteroatoms. The molecule has 0 radical (unpaired) electrons. The van der Waals surface area contributed by atoms with Gasteiger partial charge in [0.25, 0.3) is 5.91 Å². The van der Waals surface area contributed by atoms with Gasteiger partial charge in [0.1, 0.15) is 0 Å². The number of halogens is 1. The van der Waals surface area contributed by atoms with Crippen LogP contribution in [0.25, 0.3) is 0 Å². The standard InChI is InChI=1S/C12H18ClN3O/c1-3-16(2)7-6-15-12(17)10-5-4-9(13)8-11(10)14/h4-5,8H,3,6-7,14H2,1-2H3,(H,15,17). The molecule has 3 N–H and O–H groups in total. The predicted molar refractivity (Wildman–Crippen MR) is 71.4 cm³/mol. The van der Waals surface area contributed by atoms with Crippen LogP contribution < -0.4 is 11.1 Å². The Morgan fingerprint density at radius 2 is 2.24 bits per heavy atom. The van der Waals surface area contributed by atoms with E-state index in [1.807, 2.05) is 7.05 Å². The molecule has 0 aliphatic carbocycles. The van der Waals surface area contributed by atoms with Crippen LogP contribution in [0.3, 0.4) is 0 Å². The molecule has 1 aromatic carbocycles. The number of hydrogen-bond donors (Lipinski definition) is 2. The summed E-state index contributed by atoms with van der Waals surface area (Å²) in [6.07, 6.45) is 0. The highest BCUT2D eigenvalue weighted by molar-refractivity contribution is 6.31. The highest BCUT2D eigenvalue weighted by atomic mass is 35.5. The molecule has 0 saturated carbocycles. The Kier molecular flexibility index (Phi) is 5.25. The summed E-state index contributed by atoms with van der Waals surface area (Å²) in [6, 6.07) is 4.87. The van der Waals surface area contributed by atoms with Crippen LogP contribution in [-0.4, -0.2) is 37.5 Å². The molecule has 0 aliphatic rings. The normalized spacial score (nSPS) is 10.6. The SMILES string of the molecule is CCN(C)CCNC(=O)c1ccc(Cl)cc1N. The van der Waals surface area contributed by atoms with Gasteiger partial charge >= 0.3 is 0 Å². The Bertz CT molecular complexity index is 395. The van der Waals surface area contributed by atoms with E-state index >= 15 is 0 Å². The lowest BCUT2D eigenvalue weighted by Gasteiger charge is -2.14. The van der Waals surface area contributed by atoms with E-state index in [-0.39, 0.29) is 5.91 Å². The van der Waals surface area contributed by atoms with Gasteiger partial charge in [-0.2, -0.15) is 0 Å². The van der Waals surface area contributed by atoms with E-state index in [4.69, 9.17) is 17.3 Å². The number of nitrogens with zero attached hydrogens (tertiary/aromatic N) is 1. The summed E-state index contributed by atoms with van der Waals surface area (Å²) in [5.74, 6) is -0.163. The maximum Gasteiger partial charge on any atom is 0.253 e. The number of carbonyl (C=O) groups is 1. The lowest BCUT2D eigenvalue weighted by atomic mass is 10.1. The Labute approximate surface area is 107 Å². The number of benzene rings is 1. The summed E-state index contributed by atoms with van der Waals surface area (Å²) in [6.45, 7) is 4.44. The van der Waals surface area contributed by atoms with Crippen molar-refractivity contribution in [1.82, 2.24) is 10.2 Å². The highest BCUT2D eigenvalue weighted by Gasteiger charge is 2.09. The van der Waals surface area contributed by atoms with Crippen LogP contribution >= 0.6 is 11.6 Å². The van der Waals surface area contributed by atoms with Gasteiger partial charge < -0.3 is 16.0 Å². The third-order valence-corrected chi connectivity index (χ3v) is 2.81. The van der Waals surface area contributed by atoms with Gasteiger partial charge in [-0.1, -0.05) is 18.5 Å². The number of anilines is 1. The molecule has 94 valence electrons. The molecule has 1 aromatic rings. The zero-order valence-electron chi connectivity index (χ0n) is 10.2. The van der Waals surface area contributed by atoms with E-state index in [0.29, 0.717) is 22.8 Å². The Morgan fingerprint density at radius 1 is 1.53 bits per heavy atom. The maximum atomic E-state index is 11.8. The zero-order chi connectivity index (χ0) is 12.8. The minimum Gasteiger partial charge on any atom is -0.398 e. The lowest BCUT2D eigenvalue weighted by Crippen LogP contribution is -2.33. The molecular formula is C12H18ClN3O. The van der Waals surface area contributed by atoms with Crippen LogP contribution in [0.1, 0.15) is 17.3 Å². The first-order chi connectivity index (χ1) is 8.04. The van der Waals surface area contributed by atoms with Gasteiger partial charge in [0.15, 0.2) is 0 Å². The van der Waals surface area contributed by atoms with Gasteiger partial charge in [-0.15, -0.1) is 0 Å². The number of nitrogens with two attached hydrogens (primary N) is 1. The molecule has 0 heterocycles. The second-order valence-corrected chi connectivity index (χ2v) is 4.32. The van der Waals surface area contributed by atoms with E-state index in [1.165, 1.54) is 0 Å². The van der Waals surface area contributed by atoms with Crippen LogP contribution in [0.5, 0.6) is 0 Å². The van der Waals surface area contributed by atoms with Crippen molar-refractivity contribution in [2.75, 3.05) is 32.4 Å². The number of amides is 1. The highest BCUT2D eigenvalue weighted by Crippen LogP contribution is 2.17. The van der Waals surface area contributed by atoms with Gasteiger partial charge in [0, 0.05) is 23.8 Å². The molecule has 0 aromatic heterocycles. The van der Waals surface area contributed by atoms with Crippen LogP contribution in [-0.2, 0) is 0 Å². The second kappa shape index (κ2) is 6.47. The van der Waals surface area contributed by atoms with Crippen LogP contribution in [0, 0.1) is 0 Å². The average molecular weight is 256 g/mol. The minimum atomic E-state index is -0.163. The number of carbonyl (C=O) groups excluding carboxylic acids is 1. The molecule has 4 nitrogen and oxygen atoms in total. The van der Waals surface area contributed by atoms with E-state index < -0.39 is 0 Å². The molecule has 1 amide bonds. The molecule has 0 aliphatic heterocycles. The van der Waals surface area contributed by atoms with Crippen molar-refractivity contribution >= 4 is 23.2 Å². The first-order valence-corrected chi connectivity index (χ1v) is 5.94. The van der Waals surface area contributed by atoms with E-state index in [1.54, 1.807) is 18.2 Å². The first-order valence-electron chi connectivity index (χ1n) is 5.56. The quantitative estimate of drug-likeness (QED) is 0.786. The Hall–Kier alpha value is -1.26. The van der Waals surface area contributed by atoms with E-state index in [9.17, 15) is 4.79 Å². The number of rotatable bonds is 5. The smallest absolute Gasteiger partial charge is 0.253 e. The summed E-state index contributed by atoms with van der Waals surface area (Å²) in [4.78, 5) is 13.9. The number of hydrogen-bond acceptors (Lipinski definition) is 3. The summed E-state index contributed by atoms with van der Waals surface area (Å²) >= 11 is 5.77. The van der Waals surface area contributed by atoms with Crippen molar-refractivity contribution in [3.05, 3.63) is 28.8 Å². The Balaban J connectivity index is 2.52. The van der Waals surface area contributed by atoms with Crippen molar-refractivity contribution in [2.24, 2.45) is 0 Å². The molecule has 0 spiro atoms. The Morgan fingerprint density at radius 3 is 2.82 bits per heavy atom. The summed E-state index contributed by atoms with van der Waals surface area (Å²) < 4.78 is 0. The molecule has 1 rings (SSSR count). The largest absolute Gasteiger partial charge is 0.398 e. The fraction of sp³-hybridized carbons (Fsp3) is 0.417. The minimum absolute atomic E-state index is 0.163. The summed E-state index contributed by atoms with van der Waals surface area (Å²) in [5, 5.41) is 3.35. The molecular weight excluding hydrogens is 238 g/mol. The molecule has 0 saturated heterocycles. The number of nitrogen functional groups attached to an aromatic ring is 1. The maximum absolute atomic E-state index is 11.8. The zero-order valence-corrected chi connectivity index (χ0v) is 10.9. The van der Waals surface area contributed by atoms with Gasteiger partial charge in [-0.3, -0.25) is 4.79 Å². The third kappa shape index (κ3) is 4.24. The molecule has 0 bridgehead atoms. The van der Waals surface area contributed by atoms with Gasteiger partial charge in [0.2, 0.25) is 0 Å². The van der Waals surface area contributed by atoms with E-state index in [0.717, 1.165) is 13.1 Å². The molecule has 0 atom stereocenters. The van der Waals surface area contributed by atoms with Crippen LogP contribution in [0.4, 0.5) is 5.69 Å². The molecule has 17 heavy (non-hydrogen) atoms. The van der Waals surface area contributed by atoms with Crippen LogP contribution in [0.2, 0.25) is 5.02 Å². The summed E-state index contributed by atoms with van der Waals surface area (Å²) in [5.41, 5.74) is 6.59. The third-order valence-electron chi connectivity index (χ3n) is 2.58. The van der Waals surface area contributed by atoms with Gasteiger partial charge in [0.05, 0.1) is 5.56 Å². The van der Waals surface area contributed by atoms with Crippen molar-refractivity contribution in [2.45, 2.75) is 6.92 Å². The second-order valence-electron chi connectivity index (χ2n) is 3.88. The van der Waals surface area contributed by atoms with Crippen molar-refractivity contribution in [1.29, 1.82) is 0 Å². The summed E-state index contributed by atoms with van der Waals surface area (Å²) in [7, 11) is 2.00.